The first-order valence-electron chi connectivity index (χ1n) is 7.45. The molecule has 1 aliphatic rings. The van der Waals surface area contributed by atoms with E-state index < -0.39 is 6.10 Å². The zero-order valence-corrected chi connectivity index (χ0v) is 12.2. The molecule has 0 aliphatic carbocycles. The molecule has 1 atom stereocenters. The first kappa shape index (κ1) is 14.0. The number of ether oxygens (including phenoxy) is 2. The van der Waals surface area contributed by atoms with Crippen LogP contribution in [0.1, 0.15) is 36.1 Å². The standard InChI is InChI=1S/C18H20O3/c1-2-20-15-10-8-13(9-11-15)17(19)16-7-3-5-14-6-4-12-21-18(14)16/h3,5,7-11,17,19H,2,4,6,12H2,1H3. The fourth-order valence-electron chi connectivity index (χ4n) is 2.72. The van der Waals surface area contributed by atoms with Crippen molar-refractivity contribution >= 4 is 0 Å². The lowest BCUT2D eigenvalue weighted by atomic mass is 9.95. The molecule has 1 unspecified atom stereocenters. The quantitative estimate of drug-likeness (QED) is 0.934. The van der Waals surface area contributed by atoms with E-state index in [9.17, 15) is 5.11 Å². The topological polar surface area (TPSA) is 38.7 Å². The van der Waals surface area contributed by atoms with Crippen molar-refractivity contribution in [1.82, 2.24) is 0 Å². The Labute approximate surface area is 125 Å². The summed E-state index contributed by atoms with van der Waals surface area (Å²) in [6.07, 6.45) is 1.38. The summed E-state index contributed by atoms with van der Waals surface area (Å²) in [6, 6.07) is 13.6. The number of aliphatic hydroxyl groups is 1. The highest BCUT2D eigenvalue weighted by Gasteiger charge is 2.20. The lowest BCUT2D eigenvalue weighted by Crippen LogP contribution is -2.12. The number of benzene rings is 2. The maximum atomic E-state index is 10.6. The normalized spacial score (nSPS) is 15.0. The molecule has 21 heavy (non-hydrogen) atoms. The predicted octanol–water partition coefficient (Wildman–Crippen LogP) is 3.49. The van der Waals surface area contributed by atoms with Gasteiger partial charge in [0.2, 0.25) is 0 Å². The Morgan fingerprint density at radius 1 is 1.19 bits per heavy atom. The molecule has 1 N–H and O–H groups in total. The molecular formula is C18H20O3. The lowest BCUT2D eigenvalue weighted by molar-refractivity contribution is 0.206. The van der Waals surface area contributed by atoms with Crippen molar-refractivity contribution in [1.29, 1.82) is 0 Å². The van der Waals surface area contributed by atoms with E-state index in [2.05, 4.69) is 6.07 Å². The van der Waals surface area contributed by atoms with Crippen molar-refractivity contribution in [2.45, 2.75) is 25.9 Å². The molecule has 110 valence electrons. The minimum atomic E-state index is -0.672. The molecule has 2 aromatic carbocycles. The molecule has 0 amide bonds. The Morgan fingerprint density at radius 3 is 2.76 bits per heavy atom. The Bertz CT molecular complexity index is 604. The number of para-hydroxylation sites is 1. The third-order valence-corrected chi connectivity index (χ3v) is 3.77. The van der Waals surface area contributed by atoms with E-state index in [0.717, 1.165) is 42.1 Å². The van der Waals surface area contributed by atoms with Crippen LogP contribution in [0, 0.1) is 0 Å². The van der Waals surface area contributed by atoms with E-state index in [-0.39, 0.29) is 0 Å². The molecule has 1 heterocycles. The van der Waals surface area contributed by atoms with E-state index in [4.69, 9.17) is 9.47 Å². The molecule has 1 aliphatic heterocycles. The van der Waals surface area contributed by atoms with Gasteiger partial charge in [-0.15, -0.1) is 0 Å². The summed E-state index contributed by atoms with van der Waals surface area (Å²) in [5.41, 5.74) is 2.88. The van der Waals surface area contributed by atoms with Gasteiger partial charge in [-0.2, -0.15) is 0 Å². The van der Waals surface area contributed by atoms with E-state index >= 15 is 0 Å². The summed E-state index contributed by atoms with van der Waals surface area (Å²) in [7, 11) is 0. The number of hydrogen-bond donors (Lipinski definition) is 1. The second-order valence-electron chi connectivity index (χ2n) is 5.19. The van der Waals surface area contributed by atoms with Crippen LogP contribution in [0.5, 0.6) is 11.5 Å². The van der Waals surface area contributed by atoms with Crippen LogP contribution < -0.4 is 9.47 Å². The Kier molecular flexibility index (Phi) is 4.11. The smallest absolute Gasteiger partial charge is 0.128 e. The molecule has 0 bridgehead atoms. The van der Waals surface area contributed by atoms with Crippen LogP contribution in [0.15, 0.2) is 42.5 Å². The van der Waals surface area contributed by atoms with Gasteiger partial charge >= 0.3 is 0 Å². The van der Waals surface area contributed by atoms with Gasteiger partial charge in [-0.25, -0.2) is 0 Å². The molecule has 3 heteroatoms. The summed E-state index contributed by atoms with van der Waals surface area (Å²) in [6.45, 7) is 3.32. The number of aliphatic hydroxyl groups excluding tert-OH is 1. The Balaban J connectivity index is 1.89. The minimum absolute atomic E-state index is 0.641. The van der Waals surface area contributed by atoms with Gasteiger partial charge in [0.1, 0.15) is 17.6 Å². The van der Waals surface area contributed by atoms with Crippen molar-refractivity contribution in [3.63, 3.8) is 0 Å². The molecule has 3 rings (SSSR count). The molecule has 0 spiro atoms. The average molecular weight is 284 g/mol. The summed E-state index contributed by atoms with van der Waals surface area (Å²) in [4.78, 5) is 0. The lowest BCUT2D eigenvalue weighted by Gasteiger charge is -2.23. The van der Waals surface area contributed by atoms with E-state index in [1.807, 2.05) is 43.3 Å². The van der Waals surface area contributed by atoms with Crippen LogP contribution in [-0.2, 0) is 6.42 Å². The zero-order valence-electron chi connectivity index (χ0n) is 12.2. The number of fused-ring (bicyclic) bond motifs is 1. The zero-order chi connectivity index (χ0) is 14.7. The van der Waals surface area contributed by atoms with Crippen LogP contribution in [0.25, 0.3) is 0 Å². The van der Waals surface area contributed by atoms with Gasteiger partial charge in [0, 0.05) is 5.56 Å². The molecule has 0 aromatic heterocycles. The van der Waals surface area contributed by atoms with E-state index in [1.54, 1.807) is 0 Å². The van der Waals surface area contributed by atoms with Gasteiger partial charge in [-0.3, -0.25) is 0 Å². The second-order valence-corrected chi connectivity index (χ2v) is 5.19. The van der Waals surface area contributed by atoms with Crippen LogP contribution in [0.3, 0.4) is 0 Å². The van der Waals surface area contributed by atoms with Crippen LogP contribution in [0.2, 0.25) is 0 Å². The Morgan fingerprint density at radius 2 is 2.00 bits per heavy atom. The van der Waals surface area contributed by atoms with Gasteiger partial charge in [-0.05, 0) is 43.0 Å². The summed E-state index contributed by atoms with van der Waals surface area (Å²) in [5, 5.41) is 10.6. The number of rotatable bonds is 4. The summed E-state index contributed by atoms with van der Waals surface area (Å²) >= 11 is 0. The average Bonchev–Trinajstić information content (AvgIpc) is 2.55. The molecular weight excluding hydrogens is 264 g/mol. The third kappa shape index (κ3) is 2.88. The molecule has 0 saturated heterocycles. The molecule has 0 fully saturated rings. The highest BCUT2D eigenvalue weighted by atomic mass is 16.5. The molecule has 0 radical (unpaired) electrons. The SMILES string of the molecule is CCOc1ccc(C(O)c2cccc3c2OCCC3)cc1. The van der Waals surface area contributed by atoms with Gasteiger partial charge in [0.05, 0.1) is 13.2 Å². The summed E-state index contributed by atoms with van der Waals surface area (Å²) in [5.74, 6) is 1.67. The highest BCUT2D eigenvalue weighted by molar-refractivity contribution is 5.47. The van der Waals surface area contributed by atoms with E-state index in [0.29, 0.717) is 6.61 Å². The predicted molar refractivity (Wildman–Crippen MR) is 81.9 cm³/mol. The van der Waals surface area contributed by atoms with Crippen molar-refractivity contribution in [2.75, 3.05) is 13.2 Å². The maximum Gasteiger partial charge on any atom is 0.128 e. The monoisotopic (exact) mass is 284 g/mol. The maximum absolute atomic E-state index is 10.6. The van der Waals surface area contributed by atoms with Crippen LogP contribution in [-0.4, -0.2) is 18.3 Å². The molecule has 2 aromatic rings. The largest absolute Gasteiger partial charge is 0.494 e. The van der Waals surface area contributed by atoms with Gasteiger partial charge in [-0.1, -0.05) is 30.3 Å². The van der Waals surface area contributed by atoms with Gasteiger partial charge in [0.25, 0.3) is 0 Å². The third-order valence-electron chi connectivity index (χ3n) is 3.77. The number of hydrogen-bond acceptors (Lipinski definition) is 3. The first-order chi connectivity index (χ1) is 10.3. The second kappa shape index (κ2) is 6.19. The molecule has 0 saturated carbocycles. The van der Waals surface area contributed by atoms with Gasteiger partial charge < -0.3 is 14.6 Å². The van der Waals surface area contributed by atoms with Crippen molar-refractivity contribution in [3.8, 4) is 11.5 Å². The number of aryl methyl sites for hydroxylation is 1. The van der Waals surface area contributed by atoms with Crippen LogP contribution >= 0.6 is 0 Å². The summed E-state index contributed by atoms with van der Waals surface area (Å²) < 4.78 is 11.2. The Hall–Kier alpha value is -2.00. The molecule has 3 nitrogen and oxygen atoms in total. The van der Waals surface area contributed by atoms with Crippen LogP contribution in [0.4, 0.5) is 0 Å². The fourth-order valence-corrected chi connectivity index (χ4v) is 2.72. The van der Waals surface area contributed by atoms with Crippen molar-refractivity contribution in [2.24, 2.45) is 0 Å². The van der Waals surface area contributed by atoms with Crippen molar-refractivity contribution < 1.29 is 14.6 Å². The van der Waals surface area contributed by atoms with Gasteiger partial charge in [0.15, 0.2) is 0 Å². The highest BCUT2D eigenvalue weighted by Crippen LogP contribution is 2.35. The fraction of sp³-hybridized carbons (Fsp3) is 0.333. The van der Waals surface area contributed by atoms with Crippen molar-refractivity contribution in [3.05, 3.63) is 59.2 Å². The van der Waals surface area contributed by atoms with E-state index in [1.165, 1.54) is 5.56 Å². The first-order valence-corrected chi connectivity index (χ1v) is 7.45. The minimum Gasteiger partial charge on any atom is -0.494 e.